The molecule has 2 aromatic heterocycles. The minimum Gasteiger partial charge on any atom is -0.364 e. The number of hydrogen-bond donors (Lipinski definition) is 0. The molecule has 3 heterocycles. The lowest BCUT2D eigenvalue weighted by Crippen LogP contribution is -2.32. The number of halogens is 1. The summed E-state index contributed by atoms with van der Waals surface area (Å²) in [6.45, 7) is 0.150. The van der Waals surface area contributed by atoms with Crippen LogP contribution in [0.4, 0.5) is 10.1 Å². The quantitative estimate of drug-likeness (QED) is 0.632. The van der Waals surface area contributed by atoms with Crippen molar-refractivity contribution in [2.45, 2.75) is 32.2 Å². The maximum atomic E-state index is 14.8. The SMILES string of the molecule is O=C1C2=C(CCCC2)C(=O)N1c1cc2c(cc1F)sc(=O)n2Cc1ccon1. The highest BCUT2D eigenvalue weighted by molar-refractivity contribution is 7.16. The van der Waals surface area contributed by atoms with E-state index < -0.39 is 17.6 Å². The Balaban J connectivity index is 1.63. The van der Waals surface area contributed by atoms with Crippen molar-refractivity contribution in [2.24, 2.45) is 0 Å². The number of thiazole rings is 1. The van der Waals surface area contributed by atoms with Gasteiger partial charge in [-0.25, -0.2) is 9.29 Å². The Morgan fingerprint density at radius 3 is 2.46 bits per heavy atom. The van der Waals surface area contributed by atoms with Gasteiger partial charge < -0.3 is 4.52 Å². The van der Waals surface area contributed by atoms with Crippen molar-refractivity contribution in [3.63, 3.8) is 0 Å². The van der Waals surface area contributed by atoms with Gasteiger partial charge in [-0.05, 0) is 37.8 Å². The molecule has 0 saturated heterocycles. The Bertz CT molecular complexity index is 1190. The number of fused-ring (bicyclic) bond motifs is 1. The molecule has 1 aliphatic heterocycles. The van der Waals surface area contributed by atoms with Crippen LogP contribution in [0.3, 0.4) is 0 Å². The zero-order chi connectivity index (χ0) is 19.4. The van der Waals surface area contributed by atoms with Crippen LogP contribution < -0.4 is 9.77 Å². The van der Waals surface area contributed by atoms with Crippen molar-refractivity contribution in [3.05, 3.63) is 56.8 Å². The van der Waals surface area contributed by atoms with Crippen LogP contribution in [0.2, 0.25) is 0 Å². The van der Waals surface area contributed by atoms with Gasteiger partial charge in [0.05, 0.1) is 22.4 Å². The molecule has 1 aliphatic carbocycles. The number of benzene rings is 1. The fourth-order valence-electron chi connectivity index (χ4n) is 3.83. The monoisotopic (exact) mass is 399 g/mol. The summed E-state index contributed by atoms with van der Waals surface area (Å²) in [5.41, 5.74) is 1.84. The van der Waals surface area contributed by atoms with Crippen molar-refractivity contribution in [1.29, 1.82) is 0 Å². The average molecular weight is 399 g/mol. The lowest BCUT2D eigenvalue weighted by atomic mass is 9.93. The number of anilines is 1. The minimum atomic E-state index is -0.705. The standard InChI is InChI=1S/C19H14FN3O4S/c20-13-7-16-15(22(19(26)28-16)9-10-5-6-27-21-10)8-14(13)23-17(24)11-3-1-2-4-12(11)18(23)25/h5-8H,1-4,9H2. The molecule has 0 bridgehead atoms. The molecule has 0 N–H and O–H groups in total. The summed E-state index contributed by atoms with van der Waals surface area (Å²) in [6.07, 6.45) is 4.16. The molecule has 0 atom stereocenters. The second kappa shape index (κ2) is 6.23. The molecular formula is C19H14FN3O4S. The van der Waals surface area contributed by atoms with E-state index in [-0.39, 0.29) is 17.1 Å². The van der Waals surface area contributed by atoms with E-state index >= 15 is 0 Å². The predicted octanol–water partition coefficient (Wildman–Crippen LogP) is 2.98. The van der Waals surface area contributed by atoms with Crippen LogP contribution in [-0.4, -0.2) is 21.5 Å². The molecule has 0 radical (unpaired) electrons. The largest absolute Gasteiger partial charge is 0.364 e. The van der Waals surface area contributed by atoms with Gasteiger partial charge in [0.25, 0.3) is 11.8 Å². The highest BCUT2D eigenvalue weighted by Crippen LogP contribution is 2.38. The normalized spacial score (nSPS) is 17.1. The number of carbonyl (C=O) groups excluding carboxylic acids is 2. The molecule has 1 aromatic carbocycles. The molecule has 2 aliphatic rings. The number of nitrogens with zero attached hydrogens (tertiary/aromatic N) is 3. The van der Waals surface area contributed by atoms with Crippen LogP contribution >= 0.6 is 11.3 Å². The zero-order valence-corrected chi connectivity index (χ0v) is 15.4. The maximum absolute atomic E-state index is 14.8. The Morgan fingerprint density at radius 1 is 1.11 bits per heavy atom. The van der Waals surface area contributed by atoms with Crippen LogP contribution in [0.5, 0.6) is 0 Å². The molecular weight excluding hydrogens is 385 g/mol. The van der Waals surface area contributed by atoms with Gasteiger partial charge in [-0.2, -0.15) is 0 Å². The smallest absolute Gasteiger partial charge is 0.308 e. The molecule has 142 valence electrons. The number of rotatable bonds is 3. The van der Waals surface area contributed by atoms with Gasteiger partial charge in [0.1, 0.15) is 17.8 Å². The number of hydrogen-bond acceptors (Lipinski definition) is 6. The van der Waals surface area contributed by atoms with Gasteiger partial charge in [0.15, 0.2) is 0 Å². The summed E-state index contributed by atoms with van der Waals surface area (Å²) >= 11 is 0.898. The van der Waals surface area contributed by atoms with Gasteiger partial charge in [0.2, 0.25) is 0 Å². The third-order valence-corrected chi connectivity index (χ3v) is 6.12. The zero-order valence-electron chi connectivity index (χ0n) is 14.6. The number of imide groups is 1. The first-order chi connectivity index (χ1) is 13.5. The third-order valence-electron chi connectivity index (χ3n) is 5.18. The summed E-state index contributed by atoms with van der Waals surface area (Å²) in [5, 5.41) is 3.80. The summed E-state index contributed by atoms with van der Waals surface area (Å²) < 4.78 is 21.5. The van der Waals surface area contributed by atoms with E-state index in [0.29, 0.717) is 39.9 Å². The van der Waals surface area contributed by atoms with Crippen molar-refractivity contribution in [1.82, 2.24) is 9.72 Å². The first-order valence-electron chi connectivity index (χ1n) is 8.87. The third kappa shape index (κ3) is 2.46. The van der Waals surface area contributed by atoms with E-state index in [1.807, 2.05) is 0 Å². The molecule has 2 amide bonds. The van der Waals surface area contributed by atoms with Crippen molar-refractivity contribution in [2.75, 3.05) is 4.90 Å². The average Bonchev–Trinajstić information content (AvgIpc) is 3.36. The van der Waals surface area contributed by atoms with Gasteiger partial charge >= 0.3 is 4.87 Å². The maximum Gasteiger partial charge on any atom is 0.308 e. The Hall–Kier alpha value is -3.07. The van der Waals surface area contributed by atoms with Gasteiger partial charge in [-0.15, -0.1) is 0 Å². The van der Waals surface area contributed by atoms with E-state index in [4.69, 9.17) is 4.52 Å². The predicted molar refractivity (Wildman–Crippen MR) is 99.6 cm³/mol. The van der Waals surface area contributed by atoms with Crippen LogP contribution in [-0.2, 0) is 16.1 Å². The fraction of sp³-hybridized carbons (Fsp3) is 0.263. The summed E-state index contributed by atoms with van der Waals surface area (Å²) in [5.74, 6) is -1.62. The minimum absolute atomic E-state index is 0.122. The summed E-state index contributed by atoms with van der Waals surface area (Å²) in [4.78, 5) is 38.6. The van der Waals surface area contributed by atoms with E-state index in [9.17, 15) is 18.8 Å². The highest BCUT2D eigenvalue weighted by atomic mass is 32.1. The number of amides is 2. The molecule has 0 spiro atoms. The second-order valence-electron chi connectivity index (χ2n) is 6.83. The topological polar surface area (TPSA) is 85.4 Å². The molecule has 28 heavy (non-hydrogen) atoms. The fourth-order valence-corrected chi connectivity index (χ4v) is 4.73. The molecule has 0 saturated carbocycles. The molecule has 0 fully saturated rings. The van der Waals surface area contributed by atoms with E-state index in [1.54, 1.807) is 6.07 Å². The van der Waals surface area contributed by atoms with Gasteiger partial charge in [-0.1, -0.05) is 16.5 Å². The second-order valence-corrected chi connectivity index (χ2v) is 7.82. The van der Waals surface area contributed by atoms with Crippen LogP contribution in [0, 0.1) is 5.82 Å². The Labute approximate surface area is 161 Å². The number of aromatic nitrogens is 2. The lowest BCUT2D eigenvalue weighted by Gasteiger charge is -2.16. The van der Waals surface area contributed by atoms with Crippen LogP contribution in [0.25, 0.3) is 10.2 Å². The molecule has 0 unspecified atom stereocenters. The van der Waals surface area contributed by atoms with Crippen molar-refractivity contribution >= 4 is 39.1 Å². The van der Waals surface area contributed by atoms with Crippen LogP contribution in [0.1, 0.15) is 31.4 Å². The molecule has 7 nitrogen and oxygen atoms in total. The first kappa shape index (κ1) is 17.1. The van der Waals surface area contributed by atoms with E-state index in [0.717, 1.165) is 29.1 Å². The van der Waals surface area contributed by atoms with Gasteiger partial charge in [-0.3, -0.25) is 19.0 Å². The van der Waals surface area contributed by atoms with E-state index in [1.165, 1.54) is 23.0 Å². The lowest BCUT2D eigenvalue weighted by molar-refractivity contribution is -0.120. The summed E-state index contributed by atoms with van der Waals surface area (Å²) in [6, 6.07) is 4.23. The van der Waals surface area contributed by atoms with Crippen molar-refractivity contribution < 1.29 is 18.5 Å². The van der Waals surface area contributed by atoms with Gasteiger partial charge in [0, 0.05) is 17.2 Å². The number of carbonyl (C=O) groups is 2. The molecule has 5 rings (SSSR count). The van der Waals surface area contributed by atoms with E-state index in [2.05, 4.69) is 5.16 Å². The Kier molecular flexibility index (Phi) is 3.80. The van der Waals surface area contributed by atoms with Crippen LogP contribution in [0.15, 0.2) is 44.9 Å². The highest BCUT2D eigenvalue weighted by Gasteiger charge is 2.41. The van der Waals surface area contributed by atoms with Crippen molar-refractivity contribution in [3.8, 4) is 0 Å². The first-order valence-corrected chi connectivity index (χ1v) is 9.69. The Morgan fingerprint density at radius 2 is 1.82 bits per heavy atom. The molecule has 9 heteroatoms. The molecule has 3 aromatic rings. The summed E-state index contributed by atoms with van der Waals surface area (Å²) in [7, 11) is 0.